The molecule has 0 unspecified atom stereocenters. The fourth-order valence-electron chi connectivity index (χ4n) is 2.56. The van der Waals surface area contributed by atoms with Gasteiger partial charge >= 0.3 is 0 Å². The molecule has 0 bridgehead atoms. The van der Waals surface area contributed by atoms with Gasteiger partial charge in [0, 0.05) is 0 Å². The summed E-state index contributed by atoms with van der Waals surface area (Å²) < 4.78 is 0. The van der Waals surface area contributed by atoms with Gasteiger partial charge in [0.25, 0.3) is 0 Å². The Hall–Kier alpha value is -2.08. The van der Waals surface area contributed by atoms with Crippen LogP contribution in [0.15, 0.2) is 43.0 Å². The van der Waals surface area contributed by atoms with Gasteiger partial charge in [-0.25, -0.2) is 0 Å². The molecular formula is C17H14. The summed E-state index contributed by atoms with van der Waals surface area (Å²) in [6, 6.07) is 12.9. The molecule has 0 aromatic heterocycles. The van der Waals surface area contributed by atoms with Gasteiger partial charge < -0.3 is 0 Å². The van der Waals surface area contributed by atoms with Crippen molar-refractivity contribution in [3.63, 3.8) is 0 Å². The maximum atomic E-state index is 4.14. The van der Waals surface area contributed by atoms with Crippen LogP contribution < -0.4 is 5.22 Å². The first-order valence-electron chi connectivity index (χ1n) is 5.78. The van der Waals surface area contributed by atoms with Crippen molar-refractivity contribution in [1.82, 2.24) is 0 Å². The van der Waals surface area contributed by atoms with Crippen LogP contribution in [-0.4, -0.2) is 0 Å². The van der Waals surface area contributed by atoms with Crippen molar-refractivity contribution in [2.24, 2.45) is 0 Å². The minimum atomic E-state index is 1.07. The second-order valence-corrected chi connectivity index (χ2v) is 4.49. The third kappa shape index (κ3) is 1.31. The molecule has 0 nitrogen and oxygen atoms in total. The first kappa shape index (κ1) is 10.1. The van der Waals surface area contributed by atoms with Crippen LogP contribution in [0.3, 0.4) is 0 Å². The summed E-state index contributed by atoms with van der Waals surface area (Å²) in [5.41, 5.74) is 2.47. The van der Waals surface area contributed by atoms with Gasteiger partial charge in [0.15, 0.2) is 0 Å². The van der Waals surface area contributed by atoms with E-state index in [0.29, 0.717) is 0 Å². The fourth-order valence-corrected chi connectivity index (χ4v) is 2.56. The van der Waals surface area contributed by atoms with Crippen molar-refractivity contribution in [3.8, 4) is 0 Å². The lowest BCUT2D eigenvalue weighted by Gasteiger charge is -2.10. The van der Waals surface area contributed by atoms with Crippen LogP contribution >= 0.6 is 0 Å². The Morgan fingerprint density at radius 2 is 1.71 bits per heavy atom. The van der Waals surface area contributed by atoms with E-state index in [9.17, 15) is 0 Å². The monoisotopic (exact) mass is 218 g/mol. The van der Waals surface area contributed by atoms with E-state index in [1.54, 1.807) is 0 Å². The minimum Gasteiger partial charge on any atom is -0.0984 e. The Morgan fingerprint density at radius 3 is 2.47 bits per heavy atom. The first-order chi connectivity index (χ1) is 8.22. The summed E-state index contributed by atoms with van der Waals surface area (Å²) in [4.78, 5) is 0. The van der Waals surface area contributed by atoms with Crippen molar-refractivity contribution in [2.45, 2.75) is 6.92 Å². The highest BCUT2D eigenvalue weighted by atomic mass is 14.1. The smallest absolute Gasteiger partial charge is 0.00244 e. The molecule has 0 amide bonds. The second kappa shape index (κ2) is 3.46. The van der Waals surface area contributed by atoms with Crippen molar-refractivity contribution in [2.75, 3.05) is 0 Å². The summed E-state index contributed by atoms with van der Waals surface area (Å²) in [6.07, 6.45) is 1.91. The zero-order valence-electron chi connectivity index (χ0n) is 9.96. The van der Waals surface area contributed by atoms with Gasteiger partial charge in [0.2, 0.25) is 0 Å². The van der Waals surface area contributed by atoms with Crippen molar-refractivity contribution < 1.29 is 0 Å². The largest absolute Gasteiger partial charge is 0.0984 e. The predicted octanol–water partition coefficient (Wildman–Crippen LogP) is 4.07. The molecule has 0 fully saturated rings. The maximum absolute atomic E-state index is 4.14. The molecule has 0 saturated carbocycles. The minimum absolute atomic E-state index is 1.07. The van der Waals surface area contributed by atoms with E-state index in [1.165, 1.54) is 32.7 Å². The molecule has 0 heteroatoms. The molecule has 3 rings (SSSR count). The number of hydrogen-bond donors (Lipinski definition) is 0. The highest BCUT2D eigenvalue weighted by Gasteiger charge is 2.07. The van der Waals surface area contributed by atoms with E-state index in [4.69, 9.17) is 0 Å². The highest BCUT2D eigenvalue weighted by molar-refractivity contribution is 6.13. The first-order valence-corrected chi connectivity index (χ1v) is 5.78. The lowest BCUT2D eigenvalue weighted by atomic mass is 9.93. The molecule has 3 aromatic carbocycles. The van der Waals surface area contributed by atoms with Gasteiger partial charge in [-0.2, -0.15) is 0 Å². The third-order valence-electron chi connectivity index (χ3n) is 3.47. The molecule has 0 aliphatic rings. The molecule has 0 aliphatic heterocycles. The van der Waals surface area contributed by atoms with Crippen LogP contribution in [0, 0.1) is 6.92 Å². The summed E-state index contributed by atoms with van der Waals surface area (Å²) in [5.74, 6) is 0. The Labute approximate surface area is 101 Å². The van der Waals surface area contributed by atoms with Crippen molar-refractivity contribution >= 4 is 34.2 Å². The van der Waals surface area contributed by atoms with Crippen LogP contribution in [-0.2, 0) is 0 Å². The molecule has 0 saturated heterocycles. The van der Waals surface area contributed by atoms with E-state index in [-0.39, 0.29) is 0 Å². The molecule has 0 radical (unpaired) electrons. The summed E-state index contributed by atoms with van der Waals surface area (Å²) >= 11 is 0. The molecule has 0 N–H and O–H groups in total. The topological polar surface area (TPSA) is 0 Å². The maximum Gasteiger partial charge on any atom is -0.00244 e. The van der Waals surface area contributed by atoms with Gasteiger partial charge in [-0.05, 0) is 44.8 Å². The van der Waals surface area contributed by atoms with Crippen LogP contribution in [0.5, 0.6) is 0 Å². The quantitative estimate of drug-likeness (QED) is 0.577. The zero-order valence-corrected chi connectivity index (χ0v) is 9.96. The summed E-state index contributed by atoms with van der Waals surface area (Å²) in [5, 5.41) is 6.21. The SMILES string of the molecule is C=Cc1ccc2ccc(C)c3ccc(=C)c1c23. The van der Waals surface area contributed by atoms with Crippen LogP contribution in [0.4, 0.5) is 0 Å². The molecule has 0 aliphatic carbocycles. The third-order valence-corrected chi connectivity index (χ3v) is 3.47. The average molecular weight is 218 g/mol. The molecule has 0 spiro atoms. The van der Waals surface area contributed by atoms with Gasteiger partial charge in [0.1, 0.15) is 0 Å². The van der Waals surface area contributed by atoms with Gasteiger partial charge in [0.05, 0.1) is 0 Å². The van der Waals surface area contributed by atoms with E-state index >= 15 is 0 Å². The van der Waals surface area contributed by atoms with E-state index < -0.39 is 0 Å². The van der Waals surface area contributed by atoms with E-state index in [0.717, 1.165) is 5.22 Å². The Kier molecular flexibility index (Phi) is 2.05. The van der Waals surface area contributed by atoms with Gasteiger partial charge in [-0.15, -0.1) is 0 Å². The fraction of sp³-hybridized carbons (Fsp3) is 0.0588. The second-order valence-electron chi connectivity index (χ2n) is 4.49. The molecule has 0 heterocycles. The van der Waals surface area contributed by atoms with E-state index in [1.807, 2.05) is 6.08 Å². The van der Waals surface area contributed by atoms with Gasteiger partial charge in [-0.3, -0.25) is 0 Å². The number of rotatable bonds is 1. The van der Waals surface area contributed by atoms with Crippen LogP contribution in [0.1, 0.15) is 11.1 Å². The lowest BCUT2D eigenvalue weighted by molar-refractivity contribution is 1.54. The normalized spacial score (nSPS) is 11.1. The summed E-state index contributed by atoms with van der Waals surface area (Å²) in [6.45, 7) is 10.2. The Bertz CT molecular complexity index is 779. The van der Waals surface area contributed by atoms with E-state index in [2.05, 4.69) is 56.5 Å². The van der Waals surface area contributed by atoms with Crippen LogP contribution in [0.25, 0.3) is 34.2 Å². The highest BCUT2D eigenvalue weighted by Crippen LogP contribution is 2.29. The number of hydrogen-bond acceptors (Lipinski definition) is 0. The predicted molar refractivity (Wildman–Crippen MR) is 77.0 cm³/mol. The number of benzene rings is 3. The number of aryl methyl sites for hydroxylation is 1. The van der Waals surface area contributed by atoms with Gasteiger partial charge in [-0.1, -0.05) is 55.6 Å². The van der Waals surface area contributed by atoms with Crippen molar-refractivity contribution in [3.05, 3.63) is 59.3 Å². The average Bonchev–Trinajstić information content (AvgIpc) is 2.35. The molecule has 17 heavy (non-hydrogen) atoms. The molecule has 82 valence electrons. The summed E-state index contributed by atoms with van der Waals surface area (Å²) in [7, 11) is 0. The molecular weight excluding hydrogens is 204 g/mol. The molecule has 0 atom stereocenters. The van der Waals surface area contributed by atoms with Crippen molar-refractivity contribution in [1.29, 1.82) is 0 Å². The lowest BCUT2D eigenvalue weighted by Crippen LogP contribution is -2.01. The Morgan fingerprint density at radius 1 is 0.941 bits per heavy atom. The van der Waals surface area contributed by atoms with Crippen LogP contribution in [0.2, 0.25) is 0 Å². The zero-order chi connectivity index (χ0) is 12.0. The molecule has 3 aromatic rings. The Balaban J connectivity index is 2.75. The standard InChI is InChI=1S/C17H14/c1-4-13-8-9-14-7-5-11(2)15-10-6-12(3)16(13)17(14)15/h4-10H,1,3H2,2H3.